The highest BCUT2D eigenvalue weighted by Crippen LogP contribution is 2.31. The van der Waals surface area contributed by atoms with E-state index in [2.05, 4.69) is 15.5 Å². The van der Waals surface area contributed by atoms with Gasteiger partial charge >= 0.3 is 6.18 Å². The van der Waals surface area contributed by atoms with Crippen molar-refractivity contribution in [1.29, 1.82) is 0 Å². The predicted molar refractivity (Wildman–Crippen MR) is 107 cm³/mol. The van der Waals surface area contributed by atoms with Gasteiger partial charge in [0, 0.05) is 28.2 Å². The number of ether oxygens (including phenoxy) is 1. The molecule has 9 heteroatoms. The molecule has 0 amide bonds. The van der Waals surface area contributed by atoms with E-state index in [0.29, 0.717) is 10.8 Å². The summed E-state index contributed by atoms with van der Waals surface area (Å²) in [5.41, 5.74) is 5.28. The van der Waals surface area contributed by atoms with E-state index in [1.165, 1.54) is 6.07 Å². The maximum absolute atomic E-state index is 12.6. The van der Waals surface area contributed by atoms with Gasteiger partial charge in [-0.1, -0.05) is 11.6 Å². The zero-order chi connectivity index (χ0) is 21.2. The molecule has 152 valence electrons. The molecule has 2 heterocycles. The molecule has 0 aliphatic carbocycles. The normalized spacial score (nSPS) is 11.8. The molecule has 0 fully saturated rings. The summed E-state index contributed by atoms with van der Waals surface area (Å²) < 4.78 is 45.2. The molecular weight excluding hydrogens is 405 g/mol. The third-order valence-corrected chi connectivity index (χ3v) is 4.56. The molecule has 2 aromatic heterocycles. The number of halogens is 4. The van der Waals surface area contributed by atoms with Crippen molar-refractivity contribution < 1.29 is 17.9 Å². The Bertz CT molecular complexity index is 1040. The summed E-state index contributed by atoms with van der Waals surface area (Å²) in [5, 5.41) is 4.67. The van der Waals surface area contributed by atoms with Crippen molar-refractivity contribution in [2.45, 2.75) is 20.0 Å². The molecule has 1 N–H and O–H groups in total. The number of anilines is 1. The lowest BCUT2D eigenvalue weighted by Gasteiger charge is -2.14. The Morgan fingerprint density at radius 3 is 2.55 bits per heavy atom. The van der Waals surface area contributed by atoms with Gasteiger partial charge in [-0.05, 0) is 50.2 Å². The summed E-state index contributed by atoms with van der Waals surface area (Å²) in [6, 6.07) is 9.46. The Hall–Kier alpha value is -3.00. The Labute approximate surface area is 170 Å². The monoisotopic (exact) mass is 422 g/mol. The highest BCUT2D eigenvalue weighted by atomic mass is 35.5. The van der Waals surface area contributed by atoms with Crippen LogP contribution in [0.3, 0.4) is 0 Å². The molecule has 0 atom stereocenters. The quantitative estimate of drug-likeness (QED) is 0.429. The fourth-order valence-electron chi connectivity index (χ4n) is 2.92. The molecule has 3 rings (SSSR count). The van der Waals surface area contributed by atoms with Gasteiger partial charge in [0.25, 0.3) is 0 Å². The van der Waals surface area contributed by atoms with E-state index in [0.717, 1.165) is 34.9 Å². The molecule has 3 aromatic rings. The first-order valence-electron chi connectivity index (χ1n) is 8.56. The first kappa shape index (κ1) is 20.7. The van der Waals surface area contributed by atoms with Crippen LogP contribution in [0.15, 0.2) is 47.7 Å². The summed E-state index contributed by atoms with van der Waals surface area (Å²) in [6.07, 6.45) is -2.09. The number of nitrogens with one attached hydrogen (secondary N) is 1. The topological polar surface area (TPSA) is 51.4 Å². The van der Waals surface area contributed by atoms with Crippen LogP contribution in [0.1, 0.15) is 22.5 Å². The average molecular weight is 423 g/mol. The summed E-state index contributed by atoms with van der Waals surface area (Å²) in [4.78, 5) is 3.72. The highest BCUT2D eigenvalue weighted by Gasteiger charge is 2.30. The zero-order valence-electron chi connectivity index (χ0n) is 15.9. The van der Waals surface area contributed by atoms with Gasteiger partial charge in [-0.2, -0.15) is 18.3 Å². The van der Waals surface area contributed by atoms with E-state index < -0.39 is 11.7 Å². The molecule has 0 unspecified atom stereocenters. The number of hydrogen-bond acceptors (Lipinski definition) is 4. The first-order valence-corrected chi connectivity index (χ1v) is 8.93. The lowest BCUT2D eigenvalue weighted by Crippen LogP contribution is -2.05. The van der Waals surface area contributed by atoms with Gasteiger partial charge in [0.1, 0.15) is 11.6 Å². The van der Waals surface area contributed by atoms with Crippen molar-refractivity contribution in [2.24, 2.45) is 5.10 Å². The van der Waals surface area contributed by atoms with Crippen molar-refractivity contribution in [3.05, 3.63) is 70.1 Å². The lowest BCUT2D eigenvalue weighted by atomic mass is 10.2. The molecule has 0 spiro atoms. The molecule has 0 aliphatic heterocycles. The summed E-state index contributed by atoms with van der Waals surface area (Å²) in [5.74, 6) is 0.881. The van der Waals surface area contributed by atoms with E-state index in [1.54, 1.807) is 25.5 Å². The smallest absolute Gasteiger partial charge is 0.417 e. The second kappa shape index (κ2) is 8.16. The van der Waals surface area contributed by atoms with Gasteiger partial charge in [-0.3, -0.25) is 5.43 Å². The maximum Gasteiger partial charge on any atom is 0.417 e. The number of hydrogen-bond donors (Lipinski definition) is 1. The van der Waals surface area contributed by atoms with Crippen LogP contribution in [0.4, 0.5) is 19.0 Å². The minimum absolute atomic E-state index is 0.208. The molecular formula is C20H18ClF3N4O. The minimum Gasteiger partial charge on any atom is -0.495 e. The van der Waals surface area contributed by atoms with Crippen LogP contribution in [-0.2, 0) is 6.18 Å². The molecule has 0 saturated carbocycles. The van der Waals surface area contributed by atoms with Crippen molar-refractivity contribution in [3.8, 4) is 11.4 Å². The van der Waals surface area contributed by atoms with Crippen molar-refractivity contribution in [1.82, 2.24) is 9.55 Å². The number of pyridine rings is 1. The zero-order valence-corrected chi connectivity index (χ0v) is 16.6. The Morgan fingerprint density at radius 2 is 1.93 bits per heavy atom. The van der Waals surface area contributed by atoms with Gasteiger partial charge in [0.15, 0.2) is 0 Å². The van der Waals surface area contributed by atoms with Crippen LogP contribution in [0.25, 0.3) is 5.69 Å². The van der Waals surface area contributed by atoms with Crippen molar-refractivity contribution >= 4 is 23.6 Å². The van der Waals surface area contributed by atoms with E-state index in [4.69, 9.17) is 16.3 Å². The highest BCUT2D eigenvalue weighted by molar-refractivity contribution is 6.30. The first-order chi connectivity index (χ1) is 13.7. The fraction of sp³-hybridized carbons (Fsp3) is 0.200. The molecule has 1 aromatic carbocycles. The second-order valence-corrected chi connectivity index (χ2v) is 6.71. The van der Waals surface area contributed by atoms with Crippen LogP contribution in [0.5, 0.6) is 5.75 Å². The maximum atomic E-state index is 12.6. The Morgan fingerprint density at radius 1 is 1.17 bits per heavy atom. The molecule has 0 aliphatic rings. The van der Waals surface area contributed by atoms with E-state index in [1.807, 2.05) is 30.5 Å². The van der Waals surface area contributed by atoms with Gasteiger partial charge in [-0.15, -0.1) is 0 Å². The van der Waals surface area contributed by atoms with E-state index in [9.17, 15) is 13.2 Å². The molecule has 0 saturated heterocycles. The number of rotatable bonds is 5. The van der Waals surface area contributed by atoms with Crippen LogP contribution in [0, 0.1) is 13.8 Å². The summed E-state index contributed by atoms with van der Waals surface area (Å²) >= 11 is 6.14. The van der Waals surface area contributed by atoms with Gasteiger partial charge < -0.3 is 9.30 Å². The van der Waals surface area contributed by atoms with Gasteiger partial charge in [-0.25, -0.2) is 4.98 Å². The molecule has 0 bridgehead atoms. The SMILES string of the molecule is COc1ccc(Cl)cc1-n1c(C)cc(/C=N\Nc2ccc(C(F)(F)F)cn2)c1C. The number of nitrogens with zero attached hydrogens (tertiary/aromatic N) is 3. The predicted octanol–water partition coefficient (Wildman–Crippen LogP) is 5.62. The van der Waals surface area contributed by atoms with E-state index >= 15 is 0 Å². The summed E-state index contributed by atoms with van der Waals surface area (Å²) in [6.45, 7) is 3.86. The Balaban J connectivity index is 1.83. The van der Waals surface area contributed by atoms with Crippen LogP contribution >= 0.6 is 11.6 Å². The molecule has 29 heavy (non-hydrogen) atoms. The minimum atomic E-state index is -4.42. The second-order valence-electron chi connectivity index (χ2n) is 6.28. The summed E-state index contributed by atoms with van der Waals surface area (Å²) in [7, 11) is 1.59. The lowest BCUT2D eigenvalue weighted by molar-refractivity contribution is -0.137. The number of hydrazone groups is 1. The van der Waals surface area contributed by atoms with Gasteiger partial charge in [0.2, 0.25) is 0 Å². The number of aromatic nitrogens is 2. The van der Waals surface area contributed by atoms with Crippen molar-refractivity contribution in [2.75, 3.05) is 12.5 Å². The van der Waals surface area contributed by atoms with Gasteiger partial charge in [0.05, 0.1) is 24.6 Å². The molecule has 5 nitrogen and oxygen atoms in total. The number of aryl methyl sites for hydroxylation is 1. The van der Waals surface area contributed by atoms with Crippen LogP contribution in [-0.4, -0.2) is 22.9 Å². The Kier molecular flexibility index (Phi) is 5.83. The standard InChI is InChI=1S/C20H18ClF3N4O/c1-12-8-14(10-26-27-19-7-4-15(11-25-19)20(22,23)24)13(2)28(12)17-9-16(21)5-6-18(17)29-3/h4-11H,1-3H3,(H,25,27)/b26-10-. The third kappa shape index (κ3) is 4.54. The number of benzene rings is 1. The molecule has 0 radical (unpaired) electrons. The average Bonchev–Trinajstić information content (AvgIpc) is 2.95. The fourth-order valence-corrected chi connectivity index (χ4v) is 3.09. The largest absolute Gasteiger partial charge is 0.495 e. The third-order valence-electron chi connectivity index (χ3n) is 4.33. The number of alkyl halides is 3. The number of methoxy groups -OCH3 is 1. The van der Waals surface area contributed by atoms with Crippen molar-refractivity contribution in [3.63, 3.8) is 0 Å². The van der Waals surface area contributed by atoms with Crippen LogP contribution < -0.4 is 10.2 Å². The van der Waals surface area contributed by atoms with E-state index in [-0.39, 0.29) is 5.82 Å². The van der Waals surface area contributed by atoms with Crippen LogP contribution in [0.2, 0.25) is 5.02 Å².